The second-order valence-corrected chi connectivity index (χ2v) is 7.42. The molecule has 122 valence electrons. The number of halogens is 1. The molecule has 0 N–H and O–H groups in total. The number of nitrogens with zero attached hydrogens (tertiary/aromatic N) is 2. The Bertz CT molecular complexity index is 681. The van der Waals surface area contributed by atoms with Gasteiger partial charge in [0.1, 0.15) is 5.01 Å². The van der Waals surface area contributed by atoms with E-state index in [9.17, 15) is 4.79 Å². The minimum Gasteiger partial charge on any atom is -0.381 e. The van der Waals surface area contributed by atoms with Gasteiger partial charge >= 0.3 is 0 Å². The molecule has 2 heterocycles. The molecule has 0 bridgehead atoms. The minimum absolute atomic E-state index is 0.158. The summed E-state index contributed by atoms with van der Waals surface area (Å²) >= 11 is 5.06. The zero-order chi connectivity index (χ0) is 16.2. The summed E-state index contributed by atoms with van der Waals surface area (Å²) in [7, 11) is 1.74. The van der Waals surface area contributed by atoms with Crippen LogP contribution in [0, 0.1) is 0 Å². The van der Waals surface area contributed by atoms with E-state index in [4.69, 9.17) is 4.74 Å². The van der Waals surface area contributed by atoms with Crippen molar-refractivity contribution >= 4 is 33.2 Å². The SMILES string of the molecule is COC1CCN(C(=O)Cc2csc(-c3cccc(Br)c3)n2)CC1. The number of benzene rings is 1. The van der Waals surface area contributed by atoms with Crippen LogP contribution < -0.4 is 0 Å². The van der Waals surface area contributed by atoms with Crippen molar-refractivity contribution in [3.05, 3.63) is 39.8 Å². The van der Waals surface area contributed by atoms with Gasteiger partial charge in [-0.25, -0.2) is 4.98 Å². The van der Waals surface area contributed by atoms with Crippen molar-refractivity contribution in [2.45, 2.75) is 25.4 Å². The van der Waals surface area contributed by atoms with Crippen molar-refractivity contribution in [1.82, 2.24) is 9.88 Å². The van der Waals surface area contributed by atoms with Gasteiger partial charge in [0, 0.05) is 35.6 Å². The van der Waals surface area contributed by atoms with Gasteiger partial charge in [0.05, 0.1) is 18.2 Å². The number of hydrogen-bond donors (Lipinski definition) is 0. The third-order valence-corrected chi connectivity index (χ3v) is 5.52. The zero-order valence-corrected chi connectivity index (χ0v) is 15.4. The van der Waals surface area contributed by atoms with E-state index in [1.807, 2.05) is 34.5 Å². The van der Waals surface area contributed by atoms with Gasteiger partial charge in [-0.15, -0.1) is 11.3 Å². The van der Waals surface area contributed by atoms with Crippen LogP contribution in [0.3, 0.4) is 0 Å². The molecular weight excluding hydrogens is 376 g/mol. The predicted octanol–water partition coefficient (Wildman–Crippen LogP) is 3.75. The summed E-state index contributed by atoms with van der Waals surface area (Å²) in [5.41, 5.74) is 1.92. The highest BCUT2D eigenvalue weighted by Gasteiger charge is 2.23. The fraction of sp³-hybridized carbons (Fsp3) is 0.412. The fourth-order valence-corrected chi connectivity index (χ4v) is 3.97. The number of likely N-dealkylation sites (tertiary alicyclic amines) is 1. The number of hydrogen-bond acceptors (Lipinski definition) is 4. The molecule has 0 saturated carbocycles. The Kier molecular flexibility index (Phi) is 5.46. The second kappa shape index (κ2) is 7.55. The first-order chi connectivity index (χ1) is 11.2. The molecule has 1 aromatic carbocycles. The summed E-state index contributed by atoms with van der Waals surface area (Å²) in [6.45, 7) is 1.56. The van der Waals surface area contributed by atoms with E-state index < -0.39 is 0 Å². The summed E-state index contributed by atoms with van der Waals surface area (Å²) in [6.07, 6.45) is 2.51. The molecule has 1 saturated heterocycles. The van der Waals surface area contributed by atoms with Crippen molar-refractivity contribution in [3.63, 3.8) is 0 Å². The van der Waals surface area contributed by atoms with Crippen LogP contribution in [0.2, 0.25) is 0 Å². The predicted molar refractivity (Wildman–Crippen MR) is 95.6 cm³/mol. The molecule has 4 nitrogen and oxygen atoms in total. The van der Waals surface area contributed by atoms with Crippen LogP contribution >= 0.6 is 27.3 Å². The number of amides is 1. The molecule has 0 unspecified atom stereocenters. The van der Waals surface area contributed by atoms with E-state index in [-0.39, 0.29) is 5.91 Å². The molecule has 0 radical (unpaired) electrons. The van der Waals surface area contributed by atoms with Crippen LogP contribution in [-0.2, 0) is 16.0 Å². The molecule has 2 aromatic rings. The Morgan fingerprint density at radius 1 is 1.43 bits per heavy atom. The van der Waals surface area contributed by atoms with Gasteiger partial charge in [0.25, 0.3) is 0 Å². The van der Waals surface area contributed by atoms with Gasteiger partial charge in [0.15, 0.2) is 0 Å². The summed E-state index contributed by atoms with van der Waals surface area (Å²) in [6, 6.07) is 8.06. The molecule has 1 aliphatic rings. The minimum atomic E-state index is 0.158. The maximum absolute atomic E-state index is 12.4. The van der Waals surface area contributed by atoms with Crippen LogP contribution in [0.1, 0.15) is 18.5 Å². The van der Waals surface area contributed by atoms with Crippen LogP contribution in [-0.4, -0.2) is 42.1 Å². The Hall–Kier alpha value is -1.24. The first kappa shape index (κ1) is 16.6. The number of thiazole rings is 1. The third-order valence-electron chi connectivity index (χ3n) is 4.08. The highest BCUT2D eigenvalue weighted by atomic mass is 79.9. The van der Waals surface area contributed by atoms with Gasteiger partial charge in [-0.2, -0.15) is 0 Å². The van der Waals surface area contributed by atoms with Crippen molar-refractivity contribution in [2.75, 3.05) is 20.2 Å². The standard InChI is InChI=1S/C17H19BrN2O2S/c1-22-15-5-7-20(8-6-15)16(21)10-14-11-23-17(19-14)12-3-2-4-13(18)9-12/h2-4,9,11,15H,5-8,10H2,1H3. The Labute approximate surface area is 148 Å². The molecule has 1 fully saturated rings. The summed E-state index contributed by atoms with van der Waals surface area (Å²) < 4.78 is 6.38. The molecule has 1 aliphatic heterocycles. The second-order valence-electron chi connectivity index (χ2n) is 5.65. The molecule has 6 heteroatoms. The molecular formula is C17H19BrN2O2S. The third kappa shape index (κ3) is 4.19. The number of carbonyl (C=O) groups is 1. The van der Waals surface area contributed by atoms with Crippen LogP contribution in [0.4, 0.5) is 0 Å². The monoisotopic (exact) mass is 394 g/mol. The van der Waals surface area contributed by atoms with Gasteiger partial charge in [-0.1, -0.05) is 28.1 Å². The average molecular weight is 395 g/mol. The van der Waals surface area contributed by atoms with Crippen molar-refractivity contribution < 1.29 is 9.53 Å². The first-order valence-corrected chi connectivity index (χ1v) is 9.34. The van der Waals surface area contributed by atoms with E-state index in [2.05, 4.69) is 20.9 Å². The molecule has 1 aromatic heterocycles. The van der Waals surface area contributed by atoms with Gasteiger partial charge in [-0.05, 0) is 25.0 Å². The van der Waals surface area contributed by atoms with Gasteiger partial charge < -0.3 is 9.64 Å². The van der Waals surface area contributed by atoms with Crippen molar-refractivity contribution in [1.29, 1.82) is 0 Å². The number of ether oxygens (including phenoxy) is 1. The van der Waals surface area contributed by atoms with E-state index in [0.29, 0.717) is 12.5 Å². The summed E-state index contributed by atoms with van der Waals surface area (Å²) in [5, 5.41) is 2.93. The van der Waals surface area contributed by atoms with Gasteiger partial charge in [0.2, 0.25) is 5.91 Å². The molecule has 3 rings (SSSR count). The molecule has 23 heavy (non-hydrogen) atoms. The Balaban J connectivity index is 1.62. The maximum atomic E-state index is 12.4. The lowest BCUT2D eigenvalue weighted by Crippen LogP contribution is -2.41. The van der Waals surface area contributed by atoms with Crippen LogP contribution in [0.15, 0.2) is 34.1 Å². The first-order valence-electron chi connectivity index (χ1n) is 7.66. The highest BCUT2D eigenvalue weighted by Crippen LogP contribution is 2.26. The fourth-order valence-electron chi connectivity index (χ4n) is 2.75. The van der Waals surface area contributed by atoms with Crippen LogP contribution in [0.5, 0.6) is 0 Å². The van der Waals surface area contributed by atoms with E-state index >= 15 is 0 Å². The van der Waals surface area contributed by atoms with E-state index in [1.165, 1.54) is 0 Å². The quantitative estimate of drug-likeness (QED) is 0.792. The average Bonchev–Trinajstić information content (AvgIpc) is 3.03. The normalized spacial score (nSPS) is 15.8. The zero-order valence-electron chi connectivity index (χ0n) is 13.0. The number of carbonyl (C=O) groups excluding carboxylic acids is 1. The summed E-state index contributed by atoms with van der Waals surface area (Å²) in [4.78, 5) is 18.9. The molecule has 0 atom stereocenters. The number of piperidine rings is 1. The van der Waals surface area contributed by atoms with Crippen molar-refractivity contribution in [2.24, 2.45) is 0 Å². The number of aromatic nitrogens is 1. The maximum Gasteiger partial charge on any atom is 0.228 e. The number of methoxy groups -OCH3 is 1. The lowest BCUT2D eigenvalue weighted by Gasteiger charge is -2.31. The smallest absolute Gasteiger partial charge is 0.228 e. The topological polar surface area (TPSA) is 42.4 Å². The van der Waals surface area contributed by atoms with Crippen molar-refractivity contribution in [3.8, 4) is 10.6 Å². The Morgan fingerprint density at radius 2 is 2.22 bits per heavy atom. The van der Waals surface area contributed by atoms with E-state index in [1.54, 1.807) is 18.4 Å². The lowest BCUT2D eigenvalue weighted by atomic mass is 10.1. The van der Waals surface area contributed by atoms with Gasteiger partial charge in [-0.3, -0.25) is 4.79 Å². The lowest BCUT2D eigenvalue weighted by molar-refractivity contribution is -0.132. The molecule has 1 amide bonds. The summed E-state index contributed by atoms with van der Waals surface area (Å²) in [5.74, 6) is 0.158. The Morgan fingerprint density at radius 3 is 2.91 bits per heavy atom. The number of rotatable bonds is 4. The van der Waals surface area contributed by atoms with E-state index in [0.717, 1.165) is 46.7 Å². The van der Waals surface area contributed by atoms with Crippen LogP contribution in [0.25, 0.3) is 10.6 Å². The highest BCUT2D eigenvalue weighted by molar-refractivity contribution is 9.10. The molecule has 0 spiro atoms. The largest absolute Gasteiger partial charge is 0.381 e. The molecule has 0 aliphatic carbocycles.